The number of imidazole rings is 1. The highest BCUT2D eigenvalue weighted by Crippen LogP contribution is 2.29. The molecule has 2 aromatic heterocycles. The number of rotatable bonds is 4. The molecule has 0 atom stereocenters. The lowest BCUT2D eigenvalue weighted by Gasteiger charge is -2.36. The minimum atomic E-state index is 0.130. The van der Waals surface area contributed by atoms with Gasteiger partial charge < -0.3 is 14.4 Å². The largest absolute Gasteiger partial charge is 0.353 e. The van der Waals surface area contributed by atoms with Crippen LogP contribution >= 0.6 is 11.5 Å². The van der Waals surface area contributed by atoms with E-state index >= 15 is 0 Å². The van der Waals surface area contributed by atoms with E-state index in [4.69, 9.17) is 4.37 Å². The predicted molar refractivity (Wildman–Crippen MR) is 116 cm³/mol. The molecular formula is C21H26N6OS. The summed E-state index contributed by atoms with van der Waals surface area (Å²) in [5, 5.41) is 1.26. The quantitative estimate of drug-likeness (QED) is 0.660. The van der Waals surface area contributed by atoms with Crippen LogP contribution < -0.4 is 4.90 Å². The molecule has 0 aliphatic carbocycles. The molecule has 4 heterocycles. The van der Waals surface area contributed by atoms with Gasteiger partial charge in [0.15, 0.2) is 0 Å². The summed E-state index contributed by atoms with van der Waals surface area (Å²) in [4.78, 5) is 24.2. The van der Waals surface area contributed by atoms with Crippen molar-refractivity contribution in [2.45, 2.75) is 12.8 Å². The minimum Gasteiger partial charge on any atom is -0.353 e. The van der Waals surface area contributed by atoms with Crippen LogP contribution in [0.1, 0.15) is 22.6 Å². The molecule has 152 valence electrons. The second-order valence-electron chi connectivity index (χ2n) is 7.88. The zero-order valence-electron chi connectivity index (χ0n) is 16.8. The van der Waals surface area contributed by atoms with Crippen molar-refractivity contribution in [2.75, 3.05) is 50.7 Å². The molecule has 0 saturated carbocycles. The first-order valence-corrected chi connectivity index (χ1v) is 11.1. The zero-order chi connectivity index (χ0) is 19.8. The van der Waals surface area contributed by atoms with Crippen LogP contribution in [0.2, 0.25) is 0 Å². The SMILES string of the molecule is Cn1cnc2c1C(=O)N(CCN1CCN(c3nsc4ccccc34)CC1)CCC2. The average molecular weight is 411 g/mol. The Hall–Kier alpha value is -2.45. The number of nitrogens with zero attached hydrogens (tertiary/aromatic N) is 6. The molecule has 1 aromatic carbocycles. The first-order chi connectivity index (χ1) is 14.2. The van der Waals surface area contributed by atoms with E-state index in [9.17, 15) is 4.79 Å². The minimum absolute atomic E-state index is 0.130. The van der Waals surface area contributed by atoms with Gasteiger partial charge in [-0.05, 0) is 36.5 Å². The van der Waals surface area contributed by atoms with Gasteiger partial charge in [0.25, 0.3) is 5.91 Å². The summed E-state index contributed by atoms with van der Waals surface area (Å²) in [5.74, 6) is 1.25. The maximum Gasteiger partial charge on any atom is 0.272 e. The second-order valence-corrected chi connectivity index (χ2v) is 8.68. The van der Waals surface area contributed by atoms with Gasteiger partial charge in [0.2, 0.25) is 0 Å². The molecule has 1 amide bonds. The number of aromatic nitrogens is 3. The van der Waals surface area contributed by atoms with Gasteiger partial charge >= 0.3 is 0 Å². The van der Waals surface area contributed by atoms with Crippen LogP contribution in [0.15, 0.2) is 30.6 Å². The van der Waals surface area contributed by atoms with E-state index in [1.807, 2.05) is 16.5 Å². The molecule has 3 aromatic rings. The molecule has 0 radical (unpaired) electrons. The summed E-state index contributed by atoms with van der Waals surface area (Å²) in [6, 6.07) is 8.46. The molecule has 0 spiro atoms. The Morgan fingerprint density at radius 1 is 1.07 bits per heavy atom. The van der Waals surface area contributed by atoms with Crippen molar-refractivity contribution >= 4 is 33.3 Å². The van der Waals surface area contributed by atoms with Crippen molar-refractivity contribution < 1.29 is 4.79 Å². The Morgan fingerprint density at radius 3 is 2.76 bits per heavy atom. The molecule has 29 heavy (non-hydrogen) atoms. The third kappa shape index (κ3) is 3.51. The lowest BCUT2D eigenvalue weighted by molar-refractivity contribution is 0.0729. The lowest BCUT2D eigenvalue weighted by atomic mass is 10.2. The van der Waals surface area contributed by atoms with Crippen LogP contribution in [0, 0.1) is 0 Å². The monoisotopic (exact) mass is 410 g/mol. The highest BCUT2D eigenvalue weighted by molar-refractivity contribution is 7.13. The maximum atomic E-state index is 13.0. The molecule has 8 heteroatoms. The predicted octanol–water partition coefficient (Wildman–Crippen LogP) is 2.24. The Kier molecular flexibility index (Phi) is 4.97. The topological polar surface area (TPSA) is 57.5 Å². The smallest absolute Gasteiger partial charge is 0.272 e. The van der Waals surface area contributed by atoms with E-state index in [-0.39, 0.29) is 5.91 Å². The highest BCUT2D eigenvalue weighted by Gasteiger charge is 2.27. The van der Waals surface area contributed by atoms with Crippen LogP contribution in [0.5, 0.6) is 0 Å². The number of carbonyl (C=O) groups excluding carboxylic acids is 1. The van der Waals surface area contributed by atoms with Crippen LogP contribution in [0.25, 0.3) is 10.1 Å². The summed E-state index contributed by atoms with van der Waals surface area (Å²) in [6.45, 7) is 6.49. The molecule has 7 nitrogen and oxygen atoms in total. The number of anilines is 1. The van der Waals surface area contributed by atoms with E-state index in [0.717, 1.165) is 75.9 Å². The number of carbonyl (C=O) groups is 1. The molecule has 2 aliphatic rings. The first kappa shape index (κ1) is 18.6. The van der Waals surface area contributed by atoms with E-state index < -0.39 is 0 Å². The van der Waals surface area contributed by atoms with Gasteiger partial charge in [-0.25, -0.2) is 4.98 Å². The number of aryl methyl sites for hydroxylation is 2. The fourth-order valence-corrected chi connectivity index (χ4v) is 5.18. The lowest BCUT2D eigenvalue weighted by Crippen LogP contribution is -2.49. The van der Waals surface area contributed by atoms with E-state index in [2.05, 4.69) is 39.0 Å². The van der Waals surface area contributed by atoms with E-state index in [0.29, 0.717) is 0 Å². The number of fused-ring (bicyclic) bond motifs is 2. The van der Waals surface area contributed by atoms with Crippen molar-refractivity contribution in [3.05, 3.63) is 42.0 Å². The Balaban J connectivity index is 1.18. The van der Waals surface area contributed by atoms with Gasteiger partial charge in [-0.3, -0.25) is 9.69 Å². The molecular weight excluding hydrogens is 384 g/mol. The molecule has 0 bridgehead atoms. The molecule has 1 saturated heterocycles. The van der Waals surface area contributed by atoms with Gasteiger partial charge in [0.05, 0.1) is 16.7 Å². The fourth-order valence-electron chi connectivity index (χ4n) is 4.38. The van der Waals surface area contributed by atoms with Crippen LogP contribution in [-0.2, 0) is 13.5 Å². The average Bonchev–Trinajstić information content (AvgIpc) is 3.29. The number of piperazine rings is 1. The molecule has 2 aliphatic heterocycles. The number of hydrogen-bond acceptors (Lipinski definition) is 6. The third-order valence-corrected chi connectivity index (χ3v) is 6.88. The highest BCUT2D eigenvalue weighted by atomic mass is 32.1. The summed E-state index contributed by atoms with van der Waals surface area (Å²) in [5.41, 5.74) is 1.71. The Bertz CT molecular complexity index is 1020. The van der Waals surface area contributed by atoms with Crippen molar-refractivity contribution in [2.24, 2.45) is 7.05 Å². The van der Waals surface area contributed by atoms with Gasteiger partial charge in [0, 0.05) is 58.2 Å². The molecule has 5 rings (SSSR count). The van der Waals surface area contributed by atoms with Crippen molar-refractivity contribution in [3.63, 3.8) is 0 Å². The summed E-state index contributed by atoms with van der Waals surface area (Å²) >= 11 is 1.58. The van der Waals surface area contributed by atoms with Gasteiger partial charge in [0.1, 0.15) is 11.5 Å². The first-order valence-electron chi connectivity index (χ1n) is 10.3. The molecule has 1 fully saturated rings. The van der Waals surface area contributed by atoms with Crippen LogP contribution in [0.4, 0.5) is 5.82 Å². The Labute approximate surface area is 174 Å². The standard InChI is InChI=1S/C21H26N6OS/c1-24-15-22-17-6-4-8-27(21(28)19(17)24)14-11-25-9-12-26(13-10-25)20-16-5-2-3-7-18(16)29-23-20/h2-3,5,7,15H,4,6,8-14H2,1H3. The number of amides is 1. The summed E-state index contributed by atoms with van der Waals surface area (Å²) in [7, 11) is 1.91. The normalized spacial score (nSPS) is 18.3. The van der Waals surface area contributed by atoms with Gasteiger partial charge in [-0.15, -0.1) is 0 Å². The second kappa shape index (κ2) is 7.76. The number of benzene rings is 1. The van der Waals surface area contributed by atoms with Crippen molar-refractivity contribution in [3.8, 4) is 0 Å². The van der Waals surface area contributed by atoms with Crippen molar-refractivity contribution in [1.82, 2.24) is 23.7 Å². The van der Waals surface area contributed by atoms with Crippen LogP contribution in [0.3, 0.4) is 0 Å². The van der Waals surface area contributed by atoms with E-state index in [1.54, 1.807) is 17.9 Å². The van der Waals surface area contributed by atoms with Gasteiger partial charge in [-0.1, -0.05) is 12.1 Å². The van der Waals surface area contributed by atoms with Gasteiger partial charge in [-0.2, -0.15) is 4.37 Å². The van der Waals surface area contributed by atoms with E-state index in [1.165, 1.54) is 10.1 Å². The summed E-state index contributed by atoms with van der Waals surface area (Å²) < 4.78 is 7.81. The van der Waals surface area contributed by atoms with Crippen molar-refractivity contribution in [1.29, 1.82) is 0 Å². The maximum absolute atomic E-state index is 13.0. The molecule has 0 unspecified atom stereocenters. The zero-order valence-corrected chi connectivity index (χ0v) is 17.6. The summed E-state index contributed by atoms with van der Waals surface area (Å²) in [6.07, 6.45) is 3.63. The third-order valence-electron chi connectivity index (χ3n) is 6.06. The molecule has 0 N–H and O–H groups in total. The Morgan fingerprint density at radius 2 is 1.90 bits per heavy atom. The fraction of sp³-hybridized carbons (Fsp3) is 0.476. The number of hydrogen-bond donors (Lipinski definition) is 0. The van der Waals surface area contributed by atoms with Crippen LogP contribution in [-0.4, -0.2) is 75.4 Å².